The van der Waals surface area contributed by atoms with E-state index in [1.165, 1.54) is 0 Å². The lowest BCUT2D eigenvalue weighted by atomic mass is 9.98. The molecule has 4 rings (SSSR count). The van der Waals surface area contributed by atoms with Gasteiger partial charge in [0.1, 0.15) is 0 Å². The van der Waals surface area contributed by atoms with E-state index in [-0.39, 0.29) is 18.3 Å². The van der Waals surface area contributed by atoms with Gasteiger partial charge in [0.25, 0.3) is 5.91 Å². The summed E-state index contributed by atoms with van der Waals surface area (Å²) in [5, 5.41) is 11.1. The van der Waals surface area contributed by atoms with Crippen molar-refractivity contribution in [3.8, 4) is 11.1 Å². The van der Waals surface area contributed by atoms with Crippen LogP contribution in [0.2, 0.25) is 5.02 Å². The van der Waals surface area contributed by atoms with Gasteiger partial charge in [-0.25, -0.2) is 4.68 Å². The van der Waals surface area contributed by atoms with Gasteiger partial charge in [0, 0.05) is 13.0 Å². The molecule has 1 fully saturated rings. The van der Waals surface area contributed by atoms with Crippen LogP contribution in [-0.4, -0.2) is 33.8 Å². The number of carbonyl (C=O) groups is 1. The van der Waals surface area contributed by atoms with E-state index in [4.69, 9.17) is 11.6 Å². The smallest absolute Gasteiger partial charge is 0.259 e. The minimum atomic E-state index is -0.296. The molecule has 0 bridgehead atoms. The predicted octanol–water partition coefficient (Wildman–Crippen LogP) is 4.28. The number of carbonyl (C=O) groups excluding carboxylic acids is 1. The summed E-state index contributed by atoms with van der Waals surface area (Å²) in [5.74, 6) is 1.24. The molecule has 29 heavy (non-hydrogen) atoms. The van der Waals surface area contributed by atoms with E-state index in [0.29, 0.717) is 22.5 Å². The van der Waals surface area contributed by atoms with Crippen LogP contribution in [0.1, 0.15) is 34.9 Å². The molecule has 2 heterocycles. The molecule has 0 unspecified atom stereocenters. The van der Waals surface area contributed by atoms with Crippen molar-refractivity contribution in [1.29, 1.82) is 0 Å². The van der Waals surface area contributed by atoms with Crippen molar-refractivity contribution in [3.63, 3.8) is 0 Å². The molecule has 0 saturated carbocycles. The zero-order valence-corrected chi connectivity index (χ0v) is 17.6. The molecular formula is C21H23Cl2N5O. The second-order valence-corrected chi connectivity index (χ2v) is 7.36. The first-order valence-electron chi connectivity index (χ1n) is 9.40. The summed E-state index contributed by atoms with van der Waals surface area (Å²) in [6.45, 7) is 1.93. The van der Waals surface area contributed by atoms with Gasteiger partial charge in [0.05, 0.1) is 10.6 Å². The number of nitrogens with one attached hydrogen (secondary N) is 2. The maximum Gasteiger partial charge on any atom is 0.259 e. The number of nitrogens with zero attached hydrogens (tertiary/aromatic N) is 3. The van der Waals surface area contributed by atoms with Gasteiger partial charge in [-0.05, 0) is 49.2 Å². The van der Waals surface area contributed by atoms with Gasteiger partial charge in [-0.1, -0.05) is 48.0 Å². The predicted molar refractivity (Wildman–Crippen MR) is 118 cm³/mol. The van der Waals surface area contributed by atoms with E-state index in [1.807, 2.05) is 36.4 Å². The highest BCUT2D eigenvalue weighted by Crippen LogP contribution is 2.27. The number of rotatable bonds is 4. The van der Waals surface area contributed by atoms with E-state index in [1.54, 1.807) is 23.9 Å². The standard InChI is InChI=1S/C21H22ClN5O.ClH/c1-27-21(24-19(26-27)15-9-11-23-12-10-15)25-20(28)17-13-16(7-8-18(17)22)14-5-3-2-4-6-14;/h2-8,13,15,23H,9-12H2,1H3,(H,24,25,26,28);1H. The Morgan fingerprint density at radius 1 is 1.14 bits per heavy atom. The number of piperidine rings is 1. The third kappa shape index (κ3) is 4.78. The number of halogens is 2. The molecule has 2 aromatic carbocycles. The van der Waals surface area contributed by atoms with Crippen LogP contribution in [0.25, 0.3) is 11.1 Å². The van der Waals surface area contributed by atoms with Crippen molar-refractivity contribution in [2.75, 3.05) is 18.4 Å². The Hall–Kier alpha value is -2.41. The highest BCUT2D eigenvalue weighted by Gasteiger charge is 2.22. The minimum Gasteiger partial charge on any atom is -0.317 e. The molecule has 3 aromatic rings. The van der Waals surface area contributed by atoms with E-state index in [9.17, 15) is 4.79 Å². The van der Waals surface area contributed by atoms with Gasteiger partial charge >= 0.3 is 0 Å². The van der Waals surface area contributed by atoms with E-state index in [0.717, 1.165) is 42.9 Å². The number of benzene rings is 2. The van der Waals surface area contributed by atoms with Crippen LogP contribution in [0.15, 0.2) is 48.5 Å². The summed E-state index contributed by atoms with van der Waals surface area (Å²) in [6.07, 6.45) is 2.00. The van der Waals surface area contributed by atoms with Crippen LogP contribution in [0.4, 0.5) is 5.95 Å². The fourth-order valence-electron chi connectivity index (χ4n) is 3.44. The maximum absolute atomic E-state index is 12.9. The van der Waals surface area contributed by atoms with Gasteiger partial charge < -0.3 is 5.32 Å². The quantitative estimate of drug-likeness (QED) is 0.646. The molecule has 1 amide bonds. The molecule has 0 radical (unpaired) electrons. The Labute approximate surface area is 181 Å². The Balaban J connectivity index is 0.00000240. The van der Waals surface area contributed by atoms with Crippen LogP contribution in [0, 0.1) is 0 Å². The SMILES string of the molecule is Cl.Cn1nc(C2CCNCC2)nc1NC(=O)c1cc(-c2ccccc2)ccc1Cl. The molecule has 1 aliphatic heterocycles. The van der Waals surface area contributed by atoms with Crippen LogP contribution < -0.4 is 10.6 Å². The fraction of sp³-hybridized carbons (Fsp3) is 0.286. The maximum atomic E-state index is 12.9. The number of hydrogen-bond acceptors (Lipinski definition) is 4. The van der Waals surface area contributed by atoms with Crippen LogP contribution in [0.3, 0.4) is 0 Å². The summed E-state index contributed by atoms with van der Waals surface area (Å²) in [6, 6.07) is 15.3. The Kier molecular flexibility index (Phi) is 6.90. The summed E-state index contributed by atoms with van der Waals surface area (Å²) < 4.78 is 1.62. The lowest BCUT2D eigenvalue weighted by Gasteiger charge is -2.19. The van der Waals surface area contributed by atoms with E-state index >= 15 is 0 Å². The van der Waals surface area contributed by atoms with Crippen LogP contribution in [-0.2, 0) is 7.05 Å². The Bertz CT molecular complexity index is 984. The van der Waals surface area contributed by atoms with Crippen LogP contribution in [0.5, 0.6) is 0 Å². The molecule has 0 aliphatic carbocycles. The normalized spacial score (nSPS) is 14.3. The number of anilines is 1. The first-order valence-corrected chi connectivity index (χ1v) is 9.77. The highest BCUT2D eigenvalue weighted by atomic mass is 35.5. The zero-order valence-electron chi connectivity index (χ0n) is 16.1. The number of aryl methyl sites for hydroxylation is 1. The highest BCUT2D eigenvalue weighted by molar-refractivity contribution is 6.34. The van der Waals surface area contributed by atoms with Gasteiger partial charge in [-0.15, -0.1) is 12.4 Å². The third-order valence-corrected chi connectivity index (χ3v) is 5.36. The second kappa shape index (κ2) is 9.39. The Morgan fingerprint density at radius 3 is 2.59 bits per heavy atom. The molecule has 6 nitrogen and oxygen atoms in total. The summed E-state index contributed by atoms with van der Waals surface area (Å²) >= 11 is 6.30. The molecule has 0 spiro atoms. The van der Waals surface area contributed by atoms with Crippen molar-refractivity contribution in [3.05, 3.63) is 64.9 Å². The van der Waals surface area contributed by atoms with Gasteiger partial charge in [0.15, 0.2) is 5.82 Å². The lowest BCUT2D eigenvalue weighted by molar-refractivity contribution is 0.102. The third-order valence-electron chi connectivity index (χ3n) is 5.03. The Morgan fingerprint density at radius 2 is 1.86 bits per heavy atom. The molecule has 152 valence electrons. The van der Waals surface area contributed by atoms with Crippen LogP contribution >= 0.6 is 24.0 Å². The number of amides is 1. The first kappa shape index (κ1) is 21.3. The summed E-state index contributed by atoms with van der Waals surface area (Å²) in [5.41, 5.74) is 2.37. The van der Waals surface area contributed by atoms with Gasteiger partial charge in [0.2, 0.25) is 5.95 Å². The van der Waals surface area contributed by atoms with Gasteiger partial charge in [-0.3, -0.25) is 10.1 Å². The average Bonchev–Trinajstić information content (AvgIpc) is 3.10. The molecule has 8 heteroatoms. The lowest BCUT2D eigenvalue weighted by Crippen LogP contribution is -2.27. The summed E-state index contributed by atoms with van der Waals surface area (Å²) in [7, 11) is 1.79. The monoisotopic (exact) mass is 431 g/mol. The number of hydrogen-bond donors (Lipinski definition) is 2. The first-order chi connectivity index (χ1) is 13.6. The fourth-order valence-corrected chi connectivity index (χ4v) is 3.65. The minimum absolute atomic E-state index is 0. The summed E-state index contributed by atoms with van der Waals surface area (Å²) in [4.78, 5) is 17.4. The molecule has 0 atom stereocenters. The molecular weight excluding hydrogens is 409 g/mol. The molecule has 2 N–H and O–H groups in total. The van der Waals surface area contributed by atoms with Crippen molar-refractivity contribution in [1.82, 2.24) is 20.1 Å². The topological polar surface area (TPSA) is 71.8 Å². The van der Waals surface area contributed by atoms with E-state index in [2.05, 4.69) is 20.7 Å². The zero-order chi connectivity index (χ0) is 19.5. The molecule has 1 aromatic heterocycles. The van der Waals surface area contributed by atoms with Crippen molar-refractivity contribution in [2.45, 2.75) is 18.8 Å². The largest absolute Gasteiger partial charge is 0.317 e. The molecule has 1 aliphatic rings. The van der Waals surface area contributed by atoms with E-state index < -0.39 is 0 Å². The number of aromatic nitrogens is 3. The average molecular weight is 432 g/mol. The van der Waals surface area contributed by atoms with Crippen molar-refractivity contribution < 1.29 is 4.79 Å². The molecule has 1 saturated heterocycles. The van der Waals surface area contributed by atoms with Crippen molar-refractivity contribution >= 4 is 35.9 Å². The second-order valence-electron chi connectivity index (χ2n) is 6.96. The van der Waals surface area contributed by atoms with Crippen molar-refractivity contribution in [2.24, 2.45) is 7.05 Å². The van der Waals surface area contributed by atoms with Gasteiger partial charge in [-0.2, -0.15) is 10.1 Å².